The van der Waals surface area contributed by atoms with E-state index in [9.17, 15) is 4.79 Å². The smallest absolute Gasteiger partial charge is 0.261 e. The van der Waals surface area contributed by atoms with E-state index in [2.05, 4.69) is 23.5 Å². The van der Waals surface area contributed by atoms with Gasteiger partial charge in [-0.2, -0.15) is 0 Å². The van der Waals surface area contributed by atoms with Gasteiger partial charge in [0, 0.05) is 13.1 Å². The Morgan fingerprint density at radius 1 is 1.14 bits per heavy atom. The molecule has 0 aliphatic carbocycles. The quantitative estimate of drug-likeness (QED) is 0.845. The van der Waals surface area contributed by atoms with Crippen LogP contribution in [-0.2, 0) is 11.2 Å². The van der Waals surface area contributed by atoms with Crippen LogP contribution >= 0.6 is 0 Å². The van der Waals surface area contributed by atoms with E-state index in [1.165, 1.54) is 11.1 Å². The predicted molar refractivity (Wildman–Crippen MR) is 110 cm³/mol. The Kier molecular flexibility index (Phi) is 5.70. The maximum atomic E-state index is 13.1. The topological polar surface area (TPSA) is 50.8 Å². The van der Waals surface area contributed by atoms with E-state index in [-0.39, 0.29) is 18.6 Å². The normalized spacial score (nSPS) is 18.8. The van der Waals surface area contributed by atoms with Gasteiger partial charge in [-0.15, -0.1) is 0 Å². The molecule has 1 unspecified atom stereocenters. The van der Waals surface area contributed by atoms with Gasteiger partial charge in [0.15, 0.2) is 6.61 Å². The van der Waals surface area contributed by atoms with Crippen LogP contribution in [0, 0.1) is 0 Å². The van der Waals surface area contributed by atoms with Crippen LogP contribution in [0.1, 0.15) is 42.9 Å². The second-order valence-electron chi connectivity index (χ2n) is 7.48. The Morgan fingerprint density at radius 2 is 2.00 bits per heavy atom. The number of benzene rings is 2. The molecule has 1 saturated heterocycles. The fourth-order valence-electron chi connectivity index (χ4n) is 4.23. The van der Waals surface area contributed by atoms with Gasteiger partial charge in [-0.3, -0.25) is 4.79 Å². The van der Waals surface area contributed by atoms with Gasteiger partial charge >= 0.3 is 0 Å². The molecule has 0 spiro atoms. The highest BCUT2D eigenvalue weighted by Gasteiger charge is 2.27. The molecule has 148 valence electrons. The van der Waals surface area contributed by atoms with Crippen molar-refractivity contribution in [2.45, 2.75) is 38.1 Å². The molecule has 5 heteroatoms. The second-order valence-corrected chi connectivity index (χ2v) is 7.48. The highest BCUT2D eigenvalue weighted by Crippen LogP contribution is 2.34. The van der Waals surface area contributed by atoms with E-state index in [1.54, 1.807) is 7.11 Å². The minimum Gasteiger partial charge on any atom is -0.497 e. The third kappa shape index (κ3) is 3.93. The van der Waals surface area contributed by atoms with Gasteiger partial charge in [0.1, 0.15) is 11.5 Å². The number of nitrogens with zero attached hydrogens (tertiary/aromatic N) is 1. The third-order valence-electron chi connectivity index (χ3n) is 5.73. The molecule has 1 fully saturated rings. The Bertz CT molecular complexity index is 819. The lowest BCUT2D eigenvalue weighted by atomic mass is 10.0. The van der Waals surface area contributed by atoms with E-state index < -0.39 is 0 Å². The van der Waals surface area contributed by atoms with E-state index >= 15 is 0 Å². The number of methoxy groups -OCH3 is 1. The average molecular weight is 380 g/mol. The lowest BCUT2D eigenvalue weighted by molar-refractivity contribution is -0.135. The number of carbonyl (C=O) groups is 1. The number of likely N-dealkylation sites (tertiary alicyclic amines) is 1. The van der Waals surface area contributed by atoms with Crippen LogP contribution < -0.4 is 14.8 Å². The Morgan fingerprint density at radius 3 is 2.82 bits per heavy atom. The Balaban J connectivity index is 1.48. The van der Waals surface area contributed by atoms with Gasteiger partial charge in [0.2, 0.25) is 0 Å². The molecule has 1 N–H and O–H groups in total. The van der Waals surface area contributed by atoms with Gasteiger partial charge < -0.3 is 19.7 Å². The van der Waals surface area contributed by atoms with Crippen molar-refractivity contribution in [1.29, 1.82) is 0 Å². The lowest BCUT2D eigenvalue weighted by Crippen LogP contribution is -2.38. The van der Waals surface area contributed by atoms with Crippen LogP contribution in [0.2, 0.25) is 0 Å². The summed E-state index contributed by atoms with van der Waals surface area (Å²) in [6.45, 7) is 1.78. The van der Waals surface area contributed by atoms with Crippen LogP contribution in [-0.4, -0.2) is 37.6 Å². The fraction of sp³-hybridized carbons (Fsp3) is 0.435. The van der Waals surface area contributed by atoms with Crippen molar-refractivity contribution in [2.75, 3.05) is 32.1 Å². The molecule has 2 aliphatic heterocycles. The summed E-state index contributed by atoms with van der Waals surface area (Å²) in [6, 6.07) is 14.2. The van der Waals surface area contributed by atoms with Crippen molar-refractivity contribution in [3.8, 4) is 11.5 Å². The Hall–Kier alpha value is -2.69. The van der Waals surface area contributed by atoms with Gasteiger partial charge in [0.05, 0.1) is 18.8 Å². The zero-order valence-corrected chi connectivity index (χ0v) is 16.4. The average Bonchev–Trinajstić information content (AvgIpc) is 3.09. The van der Waals surface area contributed by atoms with Gasteiger partial charge in [-0.25, -0.2) is 0 Å². The molecule has 2 aromatic rings. The summed E-state index contributed by atoms with van der Waals surface area (Å²) >= 11 is 0. The fourth-order valence-corrected chi connectivity index (χ4v) is 4.23. The number of rotatable bonds is 5. The maximum Gasteiger partial charge on any atom is 0.261 e. The van der Waals surface area contributed by atoms with Gasteiger partial charge in [-0.05, 0) is 48.6 Å². The molecular weight excluding hydrogens is 352 g/mol. The number of carbonyl (C=O) groups excluding carboxylic acids is 1. The molecule has 0 bridgehead atoms. The molecule has 1 amide bonds. The molecular formula is C23H28N2O3. The first-order valence-electron chi connectivity index (χ1n) is 10.2. The minimum absolute atomic E-state index is 0.0540. The zero-order chi connectivity index (χ0) is 19.3. The molecule has 28 heavy (non-hydrogen) atoms. The van der Waals surface area contributed by atoms with Crippen LogP contribution in [0.4, 0.5) is 5.69 Å². The first-order valence-corrected chi connectivity index (χ1v) is 10.2. The highest BCUT2D eigenvalue weighted by atomic mass is 16.5. The number of nitrogens with one attached hydrogen (secondary N) is 1. The number of hydrogen-bond donors (Lipinski definition) is 1. The zero-order valence-electron chi connectivity index (χ0n) is 16.4. The first kappa shape index (κ1) is 18.7. The summed E-state index contributed by atoms with van der Waals surface area (Å²) in [5, 5.41) is 3.37. The van der Waals surface area contributed by atoms with E-state index in [4.69, 9.17) is 9.47 Å². The number of anilines is 1. The monoisotopic (exact) mass is 380 g/mol. The van der Waals surface area contributed by atoms with Gasteiger partial charge in [0.25, 0.3) is 5.91 Å². The highest BCUT2D eigenvalue weighted by molar-refractivity contribution is 5.79. The lowest BCUT2D eigenvalue weighted by Gasteiger charge is -2.30. The SMILES string of the molecule is COc1ccc(C2CCCCCN2C(=O)COc2cccc3c2NCC3)cc1. The summed E-state index contributed by atoms with van der Waals surface area (Å²) in [5.41, 5.74) is 3.46. The van der Waals surface area contributed by atoms with E-state index in [0.29, 0.717) is 0 Å². The van der Waals surface area contributed by atoms with Gasteiger partial charge in [-0.1, -0.05) is 37.1 Å². The van der Waals surface area contributed by atoms with E-state index in [1.807, 2.05) is 29.2 Å². The molecule has 0 radical (unpaired) electrons. The second kappa shape index (κ2) is 8.55. The van der Waals surface area contributed by atoms with Crippen molar-refractivity contribution in [3.05, 3.63) is 53.6 Å². The number of ether oxygens (including phenoxy) is 2. The number of para-hydroxylation sites is 1. The number of fused-ring (bicyclic) bond motifs is 1. The standard InChI is InChI=1S/C23H28N2O3/c1-27-19-11-9-17(10-12-19)20-7-3-2-4-15-25(20)22(26)16-28-21-8-5-6-18-13-14-24-23(18)21/h5-6,8-12,20,24H,2-4,7,13-16H2,1H3. The van der Waals surface area contributed by atoms with Crippen molar-refractivity contribution in [2.24, 2.45) is 0 Å². The molecule has 2 heterocycles. The van der Waals surface area contributed by atoms with Crippen molar-refractivity contribution in [3.63, 3.8) is 0 Å². The predicted octanol–water partition coefficient (Wildman–Crippen LogP) is 4.19. The summed E-state index contributed by atoms with van der Waals surface area (Å²) in [6.07, 6.45) is 5.33. The summed E-state index contributed by atoms with van der Waals surface area (Å²) < 4.78 is 11.2. The van der Waals surface area contributed by atoms with E-state index in [0.717, 1.165) is 62.4 Å². The molecule has 0 saturated carbocycles. The molecule has 0 aromatic heterocycles. The van der Waals surface area contributed by atoms with Crippen LogP contribution in [0.15, 0.2) is 42.5 Å². The largest absolute Gasteiger partial charge is 0.497 e. The first-order chi connectivity index (χ1) is 13.8. The summed E-state index contributed by atoms with van der Waals surface area (Å²) in [4.78, 5) is 15.1. The van der Waals surface area contributed by atoms with Crippen molar-refractivity contribution in [1.82, 2.24) is 4.90 Å². The van der Waals surface area contributed by atoms with Crippen LogP contribution in [0.3, 0.4) is 0 Å². The minimum atomic E-state index is 0.0540. The van der Waals surface area contributed by atoms with Crippen LogP contribution in [0.25, 0.3) is 0 Å². The third-order valence-corrected chi connectivity index (χ3v) is 5.73. The van der Waals surface area contributed by atoms with Crippen LogP contribution in [0.5, 0.6) is 11.5 Å². The summed E-state index contributed by atoms with van der Waals surface area (Å²) in [5.74, 6) is 1.67. The molecule has 2 aliphatic rings. The summed E-state index contributed by atoms with van der Waals surface area (Å²) in [7, 11) is 1.67. The molecule has 4 rings (SSSR count). The maximum absolute atomic E-state index is 13.1. The van der Waals surface area contributed by atoms with Crippen molar-refractivity contribution < 1.29 is 14.3 Å². The Labute approximate surface area is 166 Å². The number of amides is 1. The molecule has 2 aromatic carbocycles. The van der Waals surface area contributed by atoms with Crippen molar-refractivity contribution >= 4 is 11.6 Å². The number of hydrogen-bond acceptors (Lipinski definition) is 4. The molecule has 5 nitrogen and oxygen atoms in total. The molecule has 1 atom stereocenters.